The van der Waals surface area contributed by atoms with Gasteiger partial charge in [-0.3, -0.25) is 4.79 Å². The maximum absolute atomic E-state index is 12.2. The second kappa shape index (κ2) is 6.23. The van der Waals surface area contributed by atoms with Gasteiger partial charge in [-0.05, 0) is 29.7 Å². The van der Waals surface area contributed by atoms with Crippen LogP contribution in [0.15, 0.2) is 42.5 Å². The highest BCUT2D eigenvalue weighted by molar-refractivity contribution is 6.43. The summed E-state index contributed by atoms with van der Waals surface area (Å²) in [5.41, 5.74) is 2.73. The van der Waals surface area contributed by atoms with Gasteiger partial charge in [-0.25, -0.2) is 0 Å². The van der Waals surface area contributed by atoms with Gasteiger partial charge in [0, 0.05) is 12.0 Å². The van der Waals surface area contributed by atoms with Crippen LogP contribution in [0.1, 0.15) is 28.4 Å². The number of ketones is 1. The van der Waals surface area contributed by atoms with E-state index in [1.807, 2.05) is 24.3 Å². The van der Waals surface area contributed by atoms with E-state index in [0.29, 0.717) is 22.0 Å². The summed E-state index contributed by atoms with van der Waals surface area (Å²) < 4.78 is 0. The van der Waals surface area contributed by atoms with Crippen LogP contribution in [0.2, 0.25) is 10.0 Å². The Hall–Kier alpha value is -1.31. The van der Waals surface area contributed by atoms with E-state index in [1.165, 1.54) is 5.56 Å². The molecule has 3 heteroatoms. The molecular formula is C16H14Cl2O. The maximum Gasteiger partial charge on any atom is 0.168 e. The van der Waals surface area contributed by atoms with E-state index in [9.17, 15) is 4.79 Å². The molecule has 98 valence electrons. The molecule has 0 bridgehead atoms. The van der Waals surface area contributed by atoms with Crippen molar-refractivity contribution < 1.29 is 4.79 Å². The normalized spacial score (nSPS) is 10.5. The zero-order valence-corrected chi connectivity index (χ0v) is 12.1. The smallest absolute Gasteiger partial charge is 0.168 e. The quantitative estimate of drug-likeness (QED) is 0.726. The van der Waals surface area contributed by atoms with Gasteiger partial charge in [0.05, 0.1) is 10.0 Å². The lowest BCUT2D eigenvalue weighted by atomic mass is 10.0. The first-order chi connectivity index (χ1) is 9.11. The molecule has 0 aliphatic rings. The Morgan fingerprint density at radius 2 is 1.63 bits per heavy atom. The van der Waals surface area contributed by atoms with Crippen molar-refractivity contribution in [2.24, 2.45) is 0 Å². The molecule has 0 aliphatic heterocycles. The van der Waals surface area contributed by atoms with Crippen molar-refractivity contribution in [3.05, 3.63) is 69.2 Å². The number of rotatable bonds is 4. The zero-order chi connectivity index (χ0) is 13.8. The number of aryl methyl sites for hydroxylation is 1. The Labute approximate surface area is 123 Å². The van der Waals surface area contributed by atoms with Crippen LogP contribution >= 0.6 is 23.2 Å². The first kappa shape index (κ1) is 14.1. The van der Waals surface area contributed by atoms with Crippen molar-refractivity contribution in [2.45, 2.75) is 19.8 Å². The number of Topliss-reactive ketones (excluding diaryl/α,β-unsaturated/α-hetero) is 1. The van der Waals surface area contributed by atoms with Gasteiger partial charge in [0.1, 0.15) is 0 Å². The number of hydrogen-bond donors (Lipinski definition) is 0. The first-order valence-electron chi connectivity index (χ1n) is 6.17. The molecule has 0 aromatic heterocycles. The molecule has 1 nitrogen and oxygen atoms in total. The summed E-state index contributed by atoms with van der Waals surface area (Å²) in [6.07, 6.45) is 1.33. The average Bonchev–Trinajstić information content (AvgIpc) is 2.42. The molecule has 0 spiro atoms. The van der Waals surface area contributed by atoms with E-state index < -0.39 is 0 Å². The maximum atomic E-state index is 12.2. The summed E-state index contributed by atoms with van der Waals surface area (Å²) in [7, 11) is 0. The summed E-state index contributed by atoms with van der Waals surface area (Å²) in [5, 5.41) is 0.744. The molecule has 2 rings (SSSR count). The van der Waals surface area contributed by atoms with Crippen molar-refractivity contribution in [3.8, 4) is 0 Å². The Morgan fingerprint density at radius 3 is 2.26 bits per heavy atom. The van der Waals surface area contributed by atoms with E-state index in [2.05, 4.69) is 6.92 Å². The van der Waals surface area contributed by atoms with Crippen LogP contribution in [-0.2, 0) is 12.8 Å². The molecule has 0 N–H and O–H groups in total. The number of halogens is 2. The largest absolute Gasteiger partial charge is 0.294 e. The molecule has 19 heavy (non-hydrogen) atoms. The predicted molar refractivity (Wildman–Crippen MR) is 80.3 cm³/mol. The second-order valence-corrected chi connectivity index (χ2v) is 5.16. The molecule has 2 aromatic carbocycles. The fraction of sp³-hybridized carbons (Fsp3) is 0.188. The number of benzene rings is 2. The van der Waals surface area contributed by atoms with Gasteiger partial charge in [-0.15, -0.1) is 0 Å². The second-order valence-electron chi connectivity index (χ2n) is 4.37. The molecule has 0 aliphatic carbocycles. The van der Waals surface area contributed by atoms with Crippen molar-refractivity contribution in [1.29, 1.82) is 0 Å². The molecule has 0 saturated carbocycles. The molecule has 0 saturated heterocycles. The Morgan fingerprint density at radius 1 is 1.00 bits per heavy atom. The average molecular weight is 293 g/mol. The Balaban J connectivity index is 2.18. The van der Waals surface area contributed by atoms with Crippen LogP contribution in [0, 0.1) is 0 Å². The highest BCUT2D eigenvalue weighted by Gasteiger charge is 2.13. The molecule has 0 amide bonds. The molecule has 0 unspecified atom stereocenters. The topological polar surface area (TPSA) is 17.1 Å². The minimum atomic E-state index is -0.0169. The molecule has 0 heterocycles. The van der Waals surface area contributed by atoms with E-state index in [0.717, 1.165) is 12.0 Å². The molecule has 0 atom stereocenters. The van der Waals surface area contributed by atoms with Crippen LogP contribution in [0.3, 0.4) is 0 Å². The highest BCUT2D eigenvalue weighted by atomic mass is 35.5. The minimum absolute atomic E-state index is 0.0169. The number of carbonyl (C=O) groups excluding carboxylic acids is 1. The third kappa shape index (κ3) is 3.37. The lowest BCUT2D eigenvalue weighted by Gasteiger charge is -2.06. The van der Waals surface area contributed by atoms with E-state index >= 15 is 0 Å². The number of carbonyl (C=O) groups is 1. The van der Waals surface area contributed by atoms with Crippen LogP contribution in [-0.4, -0.2) is 5.78 Å². The van der Waals surface area contributed by atoms with Crippen molar-refractivity contribution in [3.63, 3.8) is 0 Å². The lowest BCUT2D eigenvalue weighted by Crippen LogP contribution is -2.04. The summed E-state index contributed by atoms with van der Waals surface area (Å²) in [5.74, 6) is -0.0169. The molecule has 2 aromatic rings. The van der Waals surface area contributed by atoms with Crippen LogP contribution in [0.5, 0.6) is 0 Å². The van der Waals surface area contributed by atoms with Gasteiger partial charge in [0.25, 0.3) is 0 Å². The third-order valence-corrected chi connectivity index (χ3v) is 3.87. The van der Waals surface area contributed by atoms with Gasteiger partial charge in [0.15, 0.2) is 5.78 Å². The van der Waals surface area contributed by atoms with Gasteiger partial charge in [-0.1, -0.05) is 60.5 Å². The lowest BCUT2D eigenvalue weighted by molar-refractivity contribution is 0.0993. The summed E-state index contributed by atoms with van der Waals surface area (Å²) in [6.45, 7) is 2.10. The van der Waals surface area contributed by atoms with E-state index in [1.54, 1.807) is 18.2 Å². The summed E-state index contributed by atoms with van der Waals surface area (Å²) in [6, 6.07) is 13.2. The standard InChI is InChI=1S/C16H14Cl2O/c1-2-11-6-8-12(9-7-11)10-15(19)13-4-3-5-14(17)16(13)18/h3-9H,2,10H2,1H3. The van der Waals surface area contributed by atoms with Crippen molar-refractivity contribution in [1.82, 2.24) is 0 Å². The zero-order valence-electron chi connectivity index (χ0n) is 10.6. The third-order valence-electron chi connectivity index (χ3n) is 3.05. The fourth-order valence-electron chi connectivity index (χ4n) is 1.89. The van der Waals surface area contributed by atoms with Crippen molar-refractivity contribution >= 4 is 29.0 Å². The summed E-state index contributed by atoms with van der Waals surface area (Å²) >= 11 is 12.0. The van der Waals surface area contributed by atoms with Crippen LogP contribution in [0.4, 0.5) is 0 Å². The minimum Gasteiger partial charge on any atom is -0.294 e. The Bertz CT molecular complexity index is 588. The highest BCUT2D eigenvalue weighted by Crippen LogP contribution is 2.26. The van der Waals surface area contributed by atoms with E-state index in [-0.39, 0.29) is 5.78 Å². The van der Waals surface area contributed by atoms with Crippen molar-refractivity contribution in [2.75, 3.05) is 0 Å². The van der Waals surface area contributed by atoms with Crippen LogP contribution in [0.25, 0.3) is 0 Å². The van der Waals surface area contributed by atoms with E-state index in [4.69, 9.17) is 23.2 Å². The Kier molecular flexibility index (Phi) is 4.62. The molecule has 0 fully saturated rings. The first-order valence-corrected chi connectivity index (χ1v) is 6.92. The van der Waals surface area contributed by atoms with Crippen LogP contribution < -0.4 is 0 Å². The molecular weight excluding hydrogens is 279 g/mol. The SMILES string of the molecule is CCc1ccc(CC(=O)c2cccc(Cl)c2Cl)cc1. The van der Waals surface area contributed by atoms with Gasteiger partial charge in [-0.2, -0.15) is 0 Å². The monoisotopic (exact) mass is 292 g/mol. The van der Waals surface area contributed by atoms with Gasteiger partial charge < -0.3 is 0 Å². The molecule has 0 radical (unpaired) electrons. The van der Waals surface area contributed by atoms with Gasteiger partial charge in [0.2, 0.25) is 0 Å². The number of hydrogen-bond acceptors (Lipinski definition) is 1. The predicted octanol–water partition coefficient (Wildman–Crippen LogP) is 4.98. The fourth-order valence-corrected chi connectivity index (χ4v) is 2.30. The summed E-state index contributed by atoms with van der Waals surface area (Å²) in [4.78, 5) is 12.2. The van der Waals surface area contributed by atoms with Gasteiger partial charge >= 0.3 is 0 Å².